The minimum absolute atomic E-state index is 0.0461. The monoisotopic (exact) mass is 506 g/mol. The van der Waals surface area contributed by atoms with Crippen LogP contribution in [0.25, 0.3) is 5.69 Å². The first-order chi connectivity index (χ1) is 15.8. The summed E-state index contributed by atoms with van der Waals surface area (Å²) in [5.74, 6) is -0.391. The van der Waals surface area contributed by atoms with Crippen molar-refractivity contribution < 1.29 is 13.2 Å². The molecule has 2 aromatic carbocycles. The Labute approximate surface area is 203 Å². The minimum atomic E-state index is -3.50. The molecular weight excluding hydrogens is 483 g/mol. The molecule has 10 heteroatoms. The summed E-state index contributed by atoms with van der Waals surface area (Å²) in [6.45, 7) is 1.07. The van der Waals surface area contributed by atoms with Crippen molar-refractivity contribution in [3.05, 3.63) is 82.4 Å². The Morgan fingerprint density at radius 3 is 2.36 bits per heavy atom. The van der Waals surface area contributed by atoms with Gasteiger partial charge in [0.2, 0.25) is 15.9 Å². The molecule has 0 bridgehead atoms. The van der Waals surface area contributed by atoms with Crippen molar-refractivity contribution in [1.29, 1.82) is 0 Å². The van der Waals surface area contributed by atoms with Gasteiger partial charge in [0.1, 0.15) is 0 Å². The molecule has 1 aliphatic rings. The zero-order valence-corrected chi connectivity index (χ0v) is 20.2. The number of imidazole rings is 1. The highest BCUT2D eigenvalue weighted by Gasteiger charge is 2.31. The lowest BCUT2D eigenvalue weighted by Gasteiger charge is -2.30. The molecule has 0 unspecified atom stereocenters. The number of amides is 1. The maximum Gasteiger partial charge on any atom is 0.223 e. The van der Waals surface area contributed by atoms with Crippen molar-refractivity contribution in [1.82, 2.24) is 19.2 Å². The quantitative estimate of drug-likeness (QED) is 0.523. The number of halogens is 2. The summed E-state index contributed by atoms with van der Waals surface area (Å²) in [5, 5.41) is 3.69. The van der Waals surface area contributed by atoms with Crippen LogP contribution in [0.4, 0.5) is 0 Å². The van der Waals surface area contributed by atoms with Gasteiger partial charge in [0.15, 0.2) is 0 Å². The third kappa shape index (κ3) is 5.95. The van der Waals surface area contributed by atoms with Crippen LogP contribution in [-0.2, 0) is 27.1 Å². The number of aromatic nitrogens is 2. The molecular formula is C23H24Cl2N4O3S. The van der Waals surface area contributed by atoms with Gasteiger partial charge in [-0.1, -0.05) is 41.4 Å². The van der Waals surface area contributed by atoms with E-state index >= 15 is 0 Å². The number of benzene rings is 2. The Hall–Kier alpha value is -2.39. The Morgan fingerprint density at radius 1 is 1.03 bits per heavy atom. The number of hydrogen-bond donors (Lipinski definition) is 1. The largest absolute Gasteiger partial charge is 0.352 e. The van der Waals surface area contributed by atoms with E-state index in [-0.39, 0.29) is 17.6 Å². The summed E-state index contributed by atoms with van der Waals surface area (Å²) in [6.07, 6.45) is 6.30. The van der Waals surface area contributed by atoms with Crippen LogP contribution in [0.5, 0.6) is 0 Å². The summed E-state index contributed by atoms with van der Waals surface area (Å²) in [4.78, 5) is 16.7. The van der Waals surface area contributed by atoms with Gasteiger partial charge in [-0.15, -0.1) is 0 Å². The van der Waals surface area contributed by atoms with E-state index in [4.69, 9.17) is 23.2 Å². The van der Waals surface area contributed by atoms with Crippen LogP contribution in [0, 0.1) is 5.92 Å². The molecule has 1 saturated heterocycles. The second-order valence-corrected chi connectivity index (χ2v) is 10.8. The fraction of sp³-hybridized carbons (Fsp3) is 0.304. The van der Waals surface area contributed by atoms with Crippen LogP contribution in [0.15, 0.2) is 61.2 Å². The van der Waals surface area contributed by atoms with Gasteiger partial charge in [-0.2, -0.15) is 0 Å². The highest BCUT2D eigenvalue weighted by atomic mass is 35.5. The van der Waals surface area contributed by atoms with E-state index in [0.29, 0.717) is 48.1 Å². The van der Waals surface area contributed by atoms with Crippen LogP contribution in [0.1, 0.15) is 24.0 Å². The standard InChI is InChI=1S/C23H24Cl2N4O3S/c24-21-6-3-18(13-22(21)25)15-33(31,32)29-10-7-19(8-11-29)23(30)27-14-17-1-4-20(5-2-17)28-12-9-26-16-28/h1-6,9,12-13,16,19H,7-8,10-11,14-15H2,(H,27,30). The van der Waals surface area contributed by atoms with Crippen molar-refractivity contribution >= 4 is 39.1 Å². The molecule has 1 aromatic heterocycles. The third-order valence-electron chi connectivity index (χ3n) is 5.76. The Kier molecular flexibility index (Phi) is 7.38. The second-order valence-electron chi connectivity index (χ2n) is 8.03. The molecule has 1 fully saturated rings. The number of nitrogens with zero attached hydrogens (tertiary/aromatic N) is 3. The average molecular weight is 507 g/mol. The predicted octanol–water partition coefficient (Wildman–Crippen LogP) is 4.04. The number of carbonyl (C=O) groups excluding carboxylic acids is 1. The first kappa shape index (κ1) is 23.8. The van der Waals surface area contributed by atoms with Gasteiger partial charge in [-0.25, -0.2) is 17.7 Å². The van der Waals surface area contributed by atoms with Crippen molar-refractivity contribution in [3.8, 4) is 5.69 Å². The van der Waals surface area contributed by atoms with Gasteiger partial charge in [-0.3, -0.25) is 4.79 Å². The molecule has 0 saturated carbocycles. The number of carbonyl (C=O) groups is 1. The normalized spacial score (nSPS) is 15.5. The van der Waals surface area contributed by atoms with Gasteiger partial charge in [0, 0.05) is 43.6 Å². The second kappa shape index (κ2) is 10.3. The minimum Gasteiger partial charge on any atom is -0.352 e. The summed E-state index contributed by atoms with van der Waals surface area (Å²) in [7, 11) is -3.50. The van der Waals surface area contributed by atoms with E-state index in [9.17, 15) is 13.2 Å². The maximum atomic E-state index is 12.8. The molecule has 1 amide bonds. The number of hydrogen-bond acceptors (Lipinski definition) is 4. The lowest BCUT2D eigenvalue weighted by molar-refractivity contribution is -0.126. The molecule has 1 N–H and O–H groups in total. The van der Waals surface area contributed by atoms with E-state index in [1.807, 2.05) is 35.0 Å². The lowest BCUT2D eigenvalue weighted by Crippen LogP contribution is -2.43. The maximum absolute atomic E-state index is 12.8. The number of nitrogens with one attached hydrogen (secondary N) is 1. The highest BCUT2D eigenvalue weighted by molar-refractivity contribution is 7.88. The lowest BCUT2D eigenvalue weighted by atomic mass is 9.97. The number of sulfonamides is 1. The van der Waals surface area contributed by atoms with Crippen molar-refractivity contribution in [3.63, 3.8) is 0 Å². The Bertz CT molecular complexity index is 1210. The van der Waals surface area contributed by atoms with Gasteiger partial charge in [0.25, 0.3) is 0 Å². The van der Waals surface area contributed by atoms with Crippen LogP contribution >= 0.6 is 23.2 Å². The van der Waals surface area contributed by atoms with Gasteiger partial charge < -0.3 is 9.88 Å². The molecule has 174 valence electrons. The molecule has 2 heterocycles. The molecule has 0 aliphatic carbocycles. The topological polar surface area (TPSA) is 84.3 Å². The van der Waals surface area contributed by atoms with Crippen molar-refractivity contribution in [2.45, 2.75) is 25.1 Å². The Morgan fingerprint density at radius 2 is 1.73 bits per heavy atom. The van der Waals surface area contributed by atoms with E-state index in [2.05, 4.69) is 10.3 Å². The smallest absolute Gasteiger partial charge is 0.223 e. The average Bonchev–Trinajstić information content (AvgIpc) is 3.35. The molecule has 0 radical (unpaired) electrons. The van der Waals surface area contributed by atoms with Crippen LogP contribution in [0.2, 0.25) is 10.0 Å². The van der Waals surface area contributed by atoms with Gasteiger partial charge >= 0.3 is 0 Å². The Balaban J connectivity index is 1.26. The summed E-state index contributed by atoms with van der Waals surface area (Å²) in [6, 6.07) is 12.7. The number of rotatable bonds is 7. The predicted molar refractivity (Wildman–Crippen MR) is 129 cm³/mol. The van der Waals surface area contributed by atoms with Crippen LogP contribution < -0.4 is 5.32 Å². The molecule has 0 spiro atoms. The first-order valence-corrected chi connectivity index (χ1v) is 12.9. The molecule has 7 nitrogen and oxygen atoms in total. The van der Waals surface area contributed by atoms with Crippen LogP contribution in [-0.4, -0.2) is 41.3 Å². The molecule has 3 aromatic rings. The zero-order valence-electron chi connectivity index (χ0n) is 17.8. The molecule has 33 heavy (non-hydrogen) atoms. The first-order valence-electron chi connectivity index (χ1n) is 10.6. The van der Waals surface area contributed by atoms with E-state index in [1.54, 1.807) is 30.7 Å². The van der Waals surface area contributed by atoms with Gasteiger partial charge in [-0.05, 0) is 48.2 Å². The zero-order chi connectivity index (χ0) is 23.4. The highest BCUT2D eigenvalue weighted by Crippen LogP contribution is 2.26. The van der Waals surface area contributed by atoms with E-state index in [1.165, 1.54) is 4.31 Å². The van der Waals surface area contributed by atoms with Crippen molar-refractivity contribution in [2.24, 2.45) is 5.92 Å². The fourth-order valence-electron chi connectivity index (χ4n) is 3.86. The van der Waals surface area contributed by atoms with E-state index in [0.717, 1.165) is 11.3 Å². The SMILES string of the molecule is O=C(NCc1ccc(-n2ccnc2)cc1)C1CCN(S(=O)(=O)Cc2ccc(Cl)c(Cl)c2)CC1. The summed E-state index contributed by atoms with van der Waals surface area (Å²) < 4.78 is 29.0. The molecule has 4 rings (SSSR count). The summed E-state index contributed by atoms with van der Waals surface area (Å²) in [5.41, 5.74) is 2.58. The van der Waals surface area contributed by atoms with Crippen molar-refractivity contribution in [2.75, 3.05) is 13.1 Å². The molecule has 0 atom stereocenters. The number of piperidine rings is 1. The van der Waals surface area contributed by atoms with Gasteiger partial charge in [0.05, 0.1) is 22.1 Å². The van der Waals surface area contributed by atoms with Crippen LogP contribution in [0.3, 0.4) is 0 Å². The van der Waals surface area contributed by atoms with E-state index < -0.39 is 10.0 Å². The third-order valence-corrected chi connectivity index (χ3v) is 8.35. The summed E-state index contributed by atoms with van der Waals surface area (Å²) >= 11 is 11.9. The fourth-order valence-corrected chi connectivity index (χ4v) is 5.73. The molecule has 1 aliphatic heterocycles.